The van der Waals surface area contributed by atoms with E-state index in [2.05, 4.69) is 82.2 Å². The van der Waals surface area contributed by atoms with Crippen LogP contribution in [0.2, 0.25) is 0 Å². The summed E-state index contributed by atoms with van der Waals surface area (Å²) < 4.78 is 0. The fraction of sp³-hybridized carbons (Fsp3) is 0.400. The standard InChI is InChI=1S/C20H27N5S/c1-4-21-20(24-12-16-13-26-19(25-16)14(2)3)22-10-9-15-11-23-18-8-6-5-7-17(15)18/h5-8,11,13-14,23H,4,9-10,12H2,1-3H3,(H2,21,22,24). The third kappa shape index (κ3) is 4.64. The van der Waals surface area contributed by atoms with E-state index in [0.717, 1.165) is 31.2 Å². The number of benzene rings is 1. The summed E-state index contributed by atoms with van der Waals surface area (Å²) in [5.41, 5.74) is 3.55. The molecule has 0 fully saturated rings. The SMILES string of the molecule is CCNC(=NCc1csc(C(C)C)n1)NCCc1c[nH]c2ccccc12. The first-order valence-corrected chi connectivity index (χ1v) is 10.1. The first kappa shape index (κ1) is 18.5. The molecule has 0 aliphatic rings. The van der Waals surface area contributed by atoms with Gasteiger partial charge >= 0.3 is 0 Å². The quantitative estimate of drug-likeness (QED) is 0.435. The zero-order valence-electron chi connectivity index (χ0n) is 15.7. The van der Waals surface area contributed by atoms with E-state index in [9.17, 15) is 0 Å². The van der Waals surface area contributed by atoms with Crippen molar-refractivity contribution in [3.63, 3.8) is 0 Å². The number of nitrogens with one attached hydrogen (secondary N) is 3. The van der Waals surface area contributed by atoms with Crippen molar-refractivity contribution in [2.75, 3.05) is 13.1 Å². The van der Waals surface area contributed by atoms with E-state index >= 15 is 0 Å². The van der Waals surface area contributed by atoms with Gasteiger partial charge in [0.05, 0.1) is 17.2 Å². The topological polar surface area (TPSA) is 65.1 Å². The lowest BCUT2D eigenvalue weighted by molar-refractivity contribution is 0.795. The first-order valence-electron chi connectivity index (χ1n) is 9.18. The highest BCUT2D eigenvalue weighted by Crippen LogP contribution is 2.19. The van der Waals surface area contributed by atoms with Gasteiger partial charge in [-0.1, -0.05) is 32.0 Å². The number of hydrogen-bond acceptors (Lipinski definition) is 3. The normalized spacial score (nSPS) is 12.1. The second kappa shape index (κ2) is 8.85. The Morgan fingerprint density at radius 3 is 2.88 bits per heavy atom. The molecule has 0 radical (unpaired) electrons. The number of nitrogens with zero attached hydrogens (tertiary/aromatic N) is 2. The number of aliphatic imine (C=N–C) groups is 1. The minimum Gasteiger partial charge on any atom is -0.361 e. The van der Waals surface area contributed by atoms with Crippen LogP contribution in [-0.4, -0.2) is 29.0 Å². The molecular formula is C20H27N5S. The molecule has 1 aromatic carbocycles. The van der Waals surface area contributed by atoms with Crippen molar-refractivity contribution < 1.29 is 0 Å². The van der Waals surface area contributed by atoms with Crippen LogP contribution in [0.1, 0.15) is 43.0 Å². The predicted octanol–water partition coefficient (Wildman–Crippen LogP) is 4.05. The maximum absolute atomic E-state index is 4.67. The van der Waals surface area contributed by atoms with Crippen molar-refractivity contribution in [3.05, 3.63) is 52.1 Å². The lowest BCUT2D eigenvalue weighted by Crippen LogP contribution is -2.38. The maximum atomic E-state index is 4.67. The summed E-state index contributed by atoms with van der Waals surface area (Å²) in [4.78, 5) is 12.6. The summed E-state index contributed by atoms with van der Waals surface area (Å²) in [6.07, 6.45) is 3.04. The van der Waals surface area contributed by atoms with Crippen LogP contribution in [0, 0.1) is 0 Å². The van der Waals surface area contributed by atoms with E-state index in [1.54, 1.807) is 11.3 Å². The minimum absolute atomic E-state index is 0.472. The molecule has 6 heteroatoms. The van der Waals surface area contributed by atoms with Crippen LogP contribution in [0.15, 0.2) is 40.8 Å². The molecular weight excluding hydrogens is 342 g/mol. The Balaban J connectivity index is 1.57. The summed E-state index contributed by atoms with van der Waals surface area (Å²) in [7, 11) is 0. The Bertz CT molecular complexity index is 862. The smallest absolute Gasteiger partial charge is 0.191 e. The summed E-state index contributed by atoms with van der Waals surface area (Å²) in [5, 5.41) is 11.3. The van der Waals surface area contributed by atoms with Gasteiger partial charge in [0, 0.05) is 41.5 Å². The molecule has 5 nitrogen and oxygen atoms in total. The predicted molar refractivity (Wildman–Crippen MR) is 111 cm³/mol. The molecule has 0 spiro atoms. The van der Waals surface area contributed by atoms with Gasteiger partial charge in [0.15, 0.2) is 5.96 Å². The van der Waals surface area contributed by atoms with Crippen molar-refractivity contribution in [1.82, 2.24) is 20.6 Å². The van der Waals surface area contributed by atoms with Crippen molar-refractivity contribution in [2.24, 2.45) is 4.99 Å². The summed E-state index contributed by atoms with van der Waals surface area (Å²) in [5.74, 6) is 1.31. The van der Waals surface area contributed by atoms with Gasteiger partial charge in [-0.05, 0) is 25.0 Å². The molecule has 0 saturated carbocycles. The largest absolute Gasteiger partial charge is 0.361 e. The van der Waals surface area contributed by atoms with Gasteiger partial charge < -0.3 is 15.6 Å². The number of fused-ring (bicyclic) bond motifs is 1. The number of para-hydroxylation sites is 1. The van der Waals surface area contributed by atoms with E-state index in [0.29, 0.717) is 12.5 Å². The number of H-pyrrole nitrogens is 1. The molecule has 3 rings (SSSR count). The molecule has 0 aliphatic heterocycles. The zero-order valence-corrected chi connectivity index (χ0v) is 16.5. The molecule has 0 unspecified atom stereocenters. The highest BCUT2D eigenvalue weighted by atomic mass is 32.1. The van der Waals surface area contributed by atoms with Crippen molar-refractivity contribution in [1.29, 1.82) is 0 Å². The van der Waals surface area contributed by atoms with Crippen LogP contribution in [0.3, 0.4) is 0 Å². The third-order valence-electron chi connectivity index (χ3n) is 4.17. The highest BCUT2D eigenvalue weighted by Gasteiger charge is 2.06. The zero-order chi connectivity index (χ0) is 18.4. The fourth-order valence-electron chi connectivity index (χ4n) is 2.82. The van der Waals surface area contributed by atoms with Gasteiger partial charge in [-0.25, -0.2) is 9.98 Å². The molecule has 2 heterocycles. The molecule has 3 aromatic rings. The number of rotatable bonds is 7. The first-order chi connectivity index (χ1) is 12.7. The Morgan fingerprint density at radius 1 is 1.27 bits per heavy atom. The van der Waals surface area contributed by atoms with Crippen LogP contribution < -0.4 is 10.6 Å². The molecule has 26 heavy (non-hydrogen) atoms. The van der Waals surface area contributed by atoms with E-state index in [-0.39, 0.29) is 0 Å². The summed E-state index contributed by atoms with van der Waals surface area (Å²) in [6.45, 7) is 8.70. The number of hydrogen-bond donors (Lipinski definition) is 3. The number of aromatic nitrogens is 2. The summed E-state index contributed by atoms with van der Waals surface area (Å²) in [6, 6.07) is 8.41. The highest BCUT2D eigenvalue weighted by molar-refractivity contribution is 7.09. The Morgan fingerprint density at radius 2 is 2.12 bits per heavy atom. The molecule has 0 bridgehead atoms. The second-order valence-corrected chi connectivity index (χ2v) is 7.45. The average molecular weight is 370 g/mol. The molecule has 0 atom stereocenters. The van der Waals surface area contributed by atoms with E-state index < -0.39 is 0 Å². The lowest BCUT2D eigenvalue weighted by Gasteiger charge is -2.10. The van der Waals surface area contributed by atoms with Crippen molar-refractivity contribution >= 4 is 28.2 Å². The molecule has 3 N–H and O–H groups in total. The van der Waals surface area contributed by atoms with Crippen LogP contribution >= 0.6 is 11.3 Å². The van der Waals surface area contributed by atoms with Gasteiger partial charge in [0.25, 0.3) is 0 Å². The lowest BCUT2D eigenvalue weighted by atomic mass is 10.1. The van der Waals surface area contributed by atoms with Gasteiger partial charge in [0.2, 0.25) is 0 Å². The van der Waals surface area contributed by atoms with Crippen LogP contribution in [0.4, 0.5) is 0 Å². The summed E-state index contributed by atoms with van der Waals surface area (Å²) >= 11 is 1.72. The van der Waals surface area contributed by atoms with Crippen LogP contribution in [-0.2, 0) is 13.0 Å². The Hall–Kier alpha value is -2.34. The molecule has 2 aromatic heterocycles. The van der Waals surface area contributed by atoms with Gasteiger partial charge in [-0.2, -0.15) is 0 Å². The van der Waals surface area contributed by atoms with Gasteiger partial charge in [-0.15, -0.1) is 11.3 Å². The number of thiazole rings is 1. The fourth-order valence-corrected chi connectivity index (χ4v) is 3.64. The number of guanidine groups is 1. The third-order valence-corrected chi connectivity index (χ3v) is 5.36. The van der Waals surface area contributed by atoms with E-state index in [1.165, 1.54) is 21.5 Å². The van der Waals surface area contributed by atoms with E-state index in [4.69, 9.17) is 0 Å². The molecule has 138 valence electrons. The van der Waals surface area contributed by atoms with Gasteiger partial charge in [0.1, 0.15) is 0 Å². The second-order valence-electron chi connectivity index (χ2n) is 6.56. The average Bonchev–Trinajstić information content (AvgIpc) is 3.27. The number of aromatic amines is 1. The van der Waals surface area contributed by atoms with Crippen molar-refractivity contribution in [2.45, 2.75) is 39.7 Å². The Labute approximate surface area is 159 Å². The van der Waals surface area contributed by atoms with Crippen molar-refractivity contribution in [3.8, 4) is 0 Å². The molecule has 0 saturated heterocycles. The van der Waals surface area contributed by atoms with Crippen LogP contribution in [0.25, 0.3) is 10.9 Å². The molecule has 0 amide bonds. The monoisotopic (exact) mass is 369 g/mol. The van der Waals surface area contributed by atoms with Crippen LogP contribution in [0.5, 0.6) is 0 Å². The maximum Gasteiger partial charge on any atom is 0.191 e. The minimum atomic E-state index is 0.472. The van der Waals surface area contributed by atoms with Gasteiger partial charge in [-0.3, -0.25) is 0 Å². The Kier molecular flexibility index (Phi) is 6.28. The molecule has 0 aliphatic carbocycles. The van der Waals surface area contributed by atoms with E-state index in [1.807, 2.05) is 0 Å².